The van der Waals surface area contributed by atoms with Crippen LogP contribution in [0.2, 0.25) is 0 Å². The molecule has 3 rings (SSSR count). The Labute approximate surface area is 170 Å². The fourth-order valence-electron chi connectivity index (χ4n) is 3.33. The highest BCUT2D eigenvalue weighted by Gasteiger charge is 2.23. The Kier molecular flexibility index (Phi) is 7.32. The summed E-state index contributed by atoms with van der Waals surface area (Å²) in [6, 6.07) is 15.0. The molecule has 0 saturated carbocycles. The number of hydrogen-bond acceptors (Lipinski definition) is 5. The molecule has 0 aromatic heterocycles. The third-order valence-electron chi connectivity index (χ3n) is 4.87. The molecule has 1 aliphatic heterocycles. The first-order valence-corrected chi connectivity index (χ1v) is 9.74. The van der Waals surface area contributed by atoms with Crippen LogP contribution in [0.25, 0.3) is 0 Å². The molecule has 0 bridgehead atoms. The van der Waals surface area contributed by atoms with Crippen molar-refractivity contribution in [3.63, 3.8) is 0 Å². The van der Waals surface area contributed by atoms with Gasteiger partial charge in [-0.1, -0.05) is 42.0 Å². The number of benzene rings is 2. The molecule has 2 aromatic carbocycles. The van der Waals surface area contributed by atoms with Gasteiger partial charge in [-0.2, -0.15) is 5.10 Å². The molecule has 1 aliphatic rings. The van der Waals surface area contributed by atoms with Crippen LogP contribution in [0.3, 0.4) is 0 Å². The highest BCUT2D eigenvalue weighted by Crippen LogP contribution is 2.13. The Bertz CT molecular complexity index is 841. The predicted molar refractivity (Wildman–Crippen MR) is 112 cm³/mol. The van der Waals surface area contributed by atoms with Crippen molar-refractivity contribution in [1.29, 1.82) is 0 Å². The number of nitrogens with one attached hydrogen (secondary N) is 1. The van der Waals surface area contributed by atoms with Crippen molar-refractivity contribution in [2.75, 3.05) is 32.7 Å². The molecule has 1 amide bonds. The van der Waals surface area contributed by atoms with Crippen LogP contribution < -0.4 is 5.43 Å². The number of amides is 1. The Morgan fingerprint density at radius 1 is 1.17 bits per heavy atom. The van der Waals surface area contributed by atoms with Crippen LogP contribution in [0.1, 0.15) is 16.7 Å². The van der Waals surface area contributed by atoms with Gasteiger partial charge in [-0.3, -0.25) is 14.6 Å². The van der Waals surface area contributed by atoms with Crippen molar-refractivity contribution in [2.24, 2.45) is 5.10 Å². The second kappa shape index (κ2) is 10.1. The van der Waals surface area contributed by atoms with Gasteiger partial charge in [0.25, 0.3) is 5.91 Å². The van der Waals surface area contributed by atoms with Crippen molar-refractivity contribution in [1.82, 2.24) is 15.2 Å². The summed E-state index contributed by atoms with van der Waals surface area (Å²) >= 11 is 0. The molecule has 29 heavy (non-hydrogen) atoms. The molecule has 154 valence electrons. The maximum absolute atomic E-state index is 14.4. The van der Waals surface area contributed by atoms with E-state index in [1.54, 1.807) is 24.3 Å². The van der Waals surface area contributed by atoms with Gasteiger partial charge >= 0.3 is 0 Å². The summed E-state index contributed by atoms with van der Waals surface area (Å²) in [5, 5.41) is 13.6. The number of carbonyl (C=O) groups excluding carboxylic acids is 1. The highest BCUT2D eigenvalue weighted by atomic mass is 19.1. The number of hydrogen-bond donors (Lipinski definition) is 2. The molecular formula is C22H27FN4O2. The fourth-order valence-corrected chi connectivity index (χ4v) is 3.33. The average molecular weight is 398 g/mol. The normalized spacial score (nSPS) is 18.6. The largest absolute Gasteiger partial charge is 0.507 e. The van der Waals surface area contributed by atoms with Crippen LogP contribution in [0.4, 0.5) is 4.39 Å². The molecule has 0 spiro atoms. The molecule has 0 aliphatic carbocycles. The van der Waals surface area contributed by atoms with E-state index in [1.807, 2.05) is 11.8 Å². The maximum Gasteiger partial charge on any atom is 0.254 e. The standard InChI is InChI=1S/C22H27FN4O2/c1-17-6-8-18(9-7-17)13-26-10-11-27(15-20(23)14-26)16-22(29)25-24-12-19-4-2-3-5-21(19)28/h2-9,12,20,28H,10-11,13-16H2,1H3,(H,25,29)/b24-12+. The Balaban J connectivity index is 1.48. The monoisotopic (exact) mass is 398 g/mol. The van der Waals surface area contributed by atoms with Crippen LogP contribution in [-0.4, -0.2) is 65.9 Å². The van der Waals surface area contributed by atoms with Gasteiger partial charge in [-0.25, -0.2) is 9.82 Å². The number of aromatic hydroxyl groups is 1. The first-order valence-electron chi connectivity index (χ1n) is 9.74. The van der Waals surface area contributed by atoms with Gasteiger partial charge in [-0.15, -0.1) is 0 Å². The van der Waals surface area contributed by atoms with Crippen LogP contribution in [0.5, 0.6) is 5.75 Å². The van der Waals surface area contributed by atoms with E-state index in [9.17, 15) is 14.3 Å². The Hall–Kier alpha value is -2.77. The van der Waals surface area contributed by atoms with E-state index in [0.29, 0.717) is 31.7 Å². The molecule has 0 radical (unpaired) electrons. The molecule has 2 N–H and O–H groups in total. The molecule has 1 saturated heterocycles. The number of aryl methyl sites for hydroxylation is 1. The number of para-hydroxylation sites is 1. The zero-order valence-corrected chi connectivity index (χ0v) is 16.6. The molecule has 1 unspecified atom stereocenters. The van der Waals surface area contributed by atoms with Crippen molar-refractivity contribution < 1.29 is 14.3 Å². The topological polar surface area (TPSA) is 68.2 Å². The zero-order chi connectivity index (χ0) is 20.6. The minimum Gasteiger partial charge on any atom is -0.507 e. The smallest absolute Gasteiger partial charge is 0.254 e. The number of alkyl halides is 1. The van der Waals surface area contributed by atoms with Crippen LogP contribution in [-0.2, 0) is 11.3 Å². The van der Waals surface area contributed by atoms with Crippen molar-refractivity contribution in [3.8, 4) is 5.75 Å². The number of rotatable bonds is 6. The minimum atomic E-state index is -1.01. The number of nitrogens with zero attached hydrogens (tertiary/aromatic N) is 3. The first-order chi connectivity index (χ1) is 14.0. The van der Waals surface area contributed by atoms with Gasteiger partial charge < -0.3 is 5.11 Å². The molecule has 6 nitrogen and oxygen atoms in total. The summed E-state index contributed by atoms with van der Waals surface area (Å²) in [5.74, 6) is -0.220. The summed E-state index contributed by atoms with van der Waals surface area (Å²) in [4.78, 5) is 16.0. The van der Waals surface area contributed by atoms with Gasteiger partial charge in [-0.05, 0) is 24.6 Å². The third-order valence-corrected chi connectivity index (χ3v) is 4.87. The third kappa shape index (κ3) is 6.66. The lowest BCUT2D eigenvalue weighted by atomic mass is 10.1. The predicted octanol–water partition coefficient (Wildman–Crippen LogP) is 2.31. The first kappa shape index (κ1) is 21.0. The van der Waals surface area contributed by atoms with E-state index in [2.05, 4.69) is 39.7 Å². The number of halogens is 1. The lowest BCUT2D eigenvalue weighted by molar-refractivity contribution is -0.122. The Morgan fingerprint density at radius 2 is 1.86 bits per heavy atom. The summed E-state index contributed by atoms with van der Waals surface area (Å²) in [6.07, 6.45) is 0.372. The number of hydrazone groups is 1. The minimum absolute atomic E-state index is 0.0803. The molecular weight excluding hydrogens is 371 g/mol. The van der Waals surface area contributed by atoms with E-state index in [0.717, 1.165) is 5.56 Å². The van der Waals surface area contributed by atoms with Crippen LogP contribution in [0.15, 0.2) is 53.6 Å². The number of carbonyl (C=O) groups is 1. The lowest BCUT2D eigenvalue weighted by Gasteiger charge is -2.21. The van der Waals surface area contributed by atoms with E-state index in [-0.39, 0.29) is 24.7 Å². The van der Waals surface area contributed by atoms with Gasteiger partial charge in [0.05, 0.1) is 12.8 Å². The Morgan fingerprint density at radius 3 is 2.62 bits per heavy atom. The summed E-state index contributed by atoms with van der Waals surface area (Å²) in [6.45, 7) is 4.72. The quantitative estimate of drug-likeness (QED) is 0.579. The average Bonchev–Trinajstić information content (AvgIpc) is 2.86. The zero-order valence-electron chi connectivity index (χ0n) is 16.6. The van der Waals surface area contributed by atoms with Gasteiger partial charge in [0.1, 0.15) is 11.9 Å². The van der Waals surface area contributed by atoms with Crippen molar-refractivity contribution in [2.45, 2.75) is 19.6 Å². The number of phenolic OH excluding ortho intramolecular Hbond substituents is 1. The second-order valence-corrected chi connectivity index (χ2v) is 7.41. The summed E-state index contributed by atoms with van der Waals surface area (Å²) in [5.41, 5.74) is 5.31. The summed E-state index contributed by atoms with van der Waals surface area (Å²) in [7, 11) is 0. The van der Waals surface area contributed by atoms with Gasteiger partial charge in [0.15, 0.2) is 0 Å². The van der Waals surface area contributed by atoms with Crippen LogP contribution in [0, 0.1) is 6.92 Å². The molecule has 1 heterocycles. The summed E-state index contributed by atoms with van der Waals surface area (Å²) < 4.78 is 14.4. The second-order valence-electron chi connectivity index (χ2n) is 7.41. The molecule has 7 heteroatoms. The van der Waals surface area contributed by atoms with Gasteiger partial charge in [0, 0.05) is 38.3 Å². The maximum atomic E-state index is 14.4. The molecule has 2 aromatic rings. The van der Waals surface area contributed by atoms with Gasteiger partial charge in [0.2, 0.25) is 0 Å². The highest BCUT2D eigenvalue weighted by molar-refractivity contribution is 5.85. The number of phenols is 1. The van der Waals surface area contributed by atoms with E-state index in [4.69, 9.17) is 0 Å². The van der Waals surface area contributed by atoms with E-state index in [1.165, 1.54) is 11.8 Å². The van der Waals surface area contributed by atoms with Crippen molar-refractivity contribution >= 4 is 12.1 Å². The fraction of sp³-hybridized carbons (Fsp3) is 0.364. The van der Waals surface area contributed by atoms with E-state index >= 15 is 0 Å². The SMILES string of the molecule is Cc1ccc(CN2CCN(CC(=O)N/N=C/c3ccccc3O)CC(F)C2)cc1. The van der Waals surface area contributed by atoms with Crippen LogP contribution >= 0.6 is 0 Å². The lowest BCUT2D eigenvalue weighted by Crippen LogP contribution is -2.39. The molecule has 1 fully saturated rings. The van der Waals surface area contributed by atoms with Crippen molar-refractivity contribution in [3.05, 3.63) is 65.2 Å². The van der Waals surface area contributed by atoms with E-state index < -0.39 is 6.17 Å². The molecule has 1 atom stereocenters.